The molecule has 0 spiro atoms. The van der Waals surface area contributed by atoms with Gasteiger partial charge in [0.15, 0.2) is 0 Å². The van der Waals surface area contributed by atoms with E-state index in [-0.39, 0.29) is 6.10 Å². The van der Waals surface area contributed by atoms with E-state index in [4.69, 9.17) is 10.5 Å². The Labute approximate surface area is 80.8 Å². The molecule has 0 unspecified atom stereocenters. The number of para-hydroxylation sites is 1. The molecule has 0 saturated carbocycles. The first-order valence-corrected chi connectivity index (χ1v) is 4.64. The highest BCUT2D eigenvalue weighted by molar-refractivity contribution is 9.10. The second kappa shape index (κ2) is 4.48. The predicted molar refractivity (Wildman–Crippen MR) is 53.3 cm³/mol. The molecule has 0 amide bonds. The first kappa shape index (κ1) is 9.55. The first-order valence-electron chi connectivity index (χ1n) is 3.85. The molecule has 0 radical (unpaired) electrons. The Kier molecular flexibility index (Phi) is 3.56. The highest BCUT2D eigenvalue weighted by Crippen LogP contribution is 2.24. The molecule has 1 atom stereocenters. The normalized spacial score (nSPS) is 12.6. The van der Waals surface area contributed by atoms with E-state index >= 15 is 0 Å². The van der Waals surface area contributed by atoms with E-state index in [1.54, 1.807) is 0 Å². The van der Waals surface area contributed by atoms with Crippen molar-refractivity contribution in [2.24, 2.45) is 5.73 Å². The molecule has 0 aliphatic heterocycles. The van der Waals surface area contributed by atoms with Gasteiger partial charge in [-0.15, -0.1) is 0 Å². The standard InChI is InChI=1S/C9H12BrNO/c1-7(6-11)12-9-5-3-2-4-8(9)10/h2-5,7H,6,11H2,1H3/t7-/m1/s1. The molecule has 0 aliphatic rings. The van der Waals surface area contributed by atoms with Crippen molar-refractivity contribution in [3.05, 3.63) is 28.7 Å². The SMILES string of the molecule is C[C@H](CN)Oc1ccccc1Br. The summed E-state index contributed by atoms with van der Waals surface area (Å²) in [6, 6.07) is 7.74. The Hall–Kier alpha value is -0.540. The van der Waals surface area contributed by atoms with E-state index in [2.05, 4.69) is 15.9 Å². The maximum absolute atomic E-state index is 5.52. The number of nitrogens with two attached hydrogens (primary N) is 1. The van der Waals surface area contributed by atoms with Crippen molar-refractivity contribution in [1.29, 1.82) is 0 Å². The molecule has 0 heterocycles. The van der Waals surface area contributed by atoms with Gasteiger partial charge < -0.3 is 10.5 Å². The van der Waals surface area contributed by atoms with Crippen LogP contribution in [0.15, 0.2) is 28.7 Å². The summed E-state index contributed by atoms with van der Waals surface area (Å²) in [7, 11) is 0. The molecule has 0 bridgehead atoms. The smallest absolute Gasteiger partial charge is 0.133 e. The van der Waals surface area contributed by atoms with Crippen molar-refractivity contribution in [1.82, 2.24) is 0 Å². The maximum Gasteiger partial charge on any atom is 0.133 e. The summed E-state index contributed by atoms with van der Waals surface area (Å²) in [5.41, 5.74) is 5.43. The number of halogens is 1. The summed E-state index contributed by atoms with van der Waals surface area (Å²) >= 11 is 3.39. The van der Waals surface area contributed by atoms with Gasteiger partial charge in [0.05, 0.1) is 4.47 Å². The van der Waals surface area contributed by atoms with Crippen LogP contribution in [0.5, 0.6) is 5.75 Å². The van der Waals surface area contributed by atoms with E-state index in [0.29, 0.717) is 6.54 Å². The van der Waals surface area contributed by atoms with Gasteiger partial charge >= 0.3 is 0 Å². The van der Waals surface area contributed by atoms with Crippen LogP contribution in [-0.4, -0.2) is 12.6 Å². The molecule has 0 fully saturated rings. The Morgan fingerprint density at radius 1 is 1.50 bits per heavy atom. The minimum absolute atomic E-state index is 0.0590. The highest BCUT2D eigenvalue weighted by Gasteiger charge is 2.03. The molecule has 3 heteroatoms. The van der Waals surface area contributed by atoms with Gasteiger partial charge in [-0.3, -0.25) is 0 Å². The summed E-state index contributed by atoms with van der Waals surface area (Å²) in [4.78, 5) is 0. The quantitative estimate of drug-likeness (QED) is 0.863. The van der Waals surface area contributed by atoms with Gasteiger partial charge in [-0.1, -0.05) is 12.1 Å². The summed E-state index contributed by atoms with van der Waals surface area (Å²) in [6.07, 6.45) is 0.0590. The molecular weight excluding hydrogens is 218 g/mol. The van der Waals surface area contributed by atoms with E-state index in [9.17, 15) is 0 Å². The van der Waals surface area contributed by atoms with E-state index < -0.39 is 0 Å². The lowest BCUT2D eigenvalue weighted by molar-refractivity contribution is 0.228. The average molecular weight is 230 g/mol. The van der Waals surface area contributed by atoms with Crippen molar-refractivity contribution in [2.75, 3.05) is 6.54 Å². The largest absolute Gasteiger partial charge is 0.488 e. The lowest BCUT2D eigenvalue weighted by Gasteiger charge is -2.13. The third kappa shape index (κ3) is 2.50. The molecule has 12 heavy (non-hydrogen) atoms. The molecule has 66 valence electrons. The van der Waals surface area contributed by atoms with Crippen LogP contribution in [-0.2, 0) is 0 Å². The lowest BCUT2D eigenvalue weighted by Crippen LogP contribution is -2.22. The molecule has 1 rings (SSSR count). The Morgan fingerprint density at radius 3 is 2.75 bits per heavy atom. The van der Waals surface area contributed by atoms with Crippen molar-refractivity contribution < 1.29 is 4.74 Å². The van der Waals surface area contributed by atoms with Gasteiger partial charge in [-0.25, -0.2) is 0 Å². The Morgan fingerprint density at radius 2 is 2.17 bits per heavy atom. The lowest BCUT2D eigenvalue weighted by atomic mass is 10.3. The monoisotopic (exact) mass is 229 g/mol. The Balaban J connectivity index is 2.69. The minimum atomic E-state index is 0.0590. The van der Waals surface area contributed by atoms with Crippen molar-refractivity contribution in [2.45, 2.75) is 13.0 Å². The Bertz CT molecular complexity index is 252. The molecule has 2 N–H and O–H groups in total. The first-order chi connectivity index (χ1) is 5.74. The van der Waals surface area contributed by atoms with Gasteiger partial charge in [-0.2, -0.15) is 0 Å². The third-order valence-electron chi connectivity index (χ3n) is 1.50. The summed E-state index contributed by atoms with van der Waals surface area (Å²) in [5.74, 6) is 0.843. The number of ether oxygens (including phenoxy) is 1. The van der Waals surface area contributed by atoms with Crippen molar-refractivity contribution in [3.8, 4) is 5.75 Å². The van der Waals surface area contributed by atoms with E-state index in [0.717, 1.165) is 10.2 Å². The zero-order chi connectivity index (χ0) is 8.97. The van der Waals surface area contributed by atoms with Crippen LogP contribution in [0.25, 0.3) is 0 Å². The number of hydrogen-bond donors (Lipinski definition) is 1. The van der Waals surface area contributed by atoms with E-state index in [1.807, 2.05) is 31.2 Å². The maximum atomic E-state index is 5.52. The number of hydrogen-bond acceptors (Lipinski definition) is 2. The van der Waals surface area contributed by atoms with E-state index in [1.165, 1.54) is 0 Å². The van der Waals surface area contributed by atoms with Crippen molar-refractivity contribution >= 4 is 15.9 Å². The van der Waals surface area contributed by atoms with Crippen LogP contribution in [0.3, 0.4) is 0 Å². The molecule has 0 saturated heterocycles. The number of benzene rings is 1. The zero-order valence-corrected chi connectivity index (χ0v) is 8.54. The van der Waals surface area contributed by atoms with Crippen LogP contribution in [0.1, 0.15) is 6.92 Å². The average Bonchev–Trinajstić information content (AvgIpc) is 2.09. The fourth-order valence-electron chi connectivity index (χ4n) is 0.805. The second-order valence-corrected chi connectivity index (χ2v) is 3.45. The van der Waals surface area contributed by atoms with Crippen molar-refractivity contribution in [3.63, 3.8) is 0 Å². The second-order valence-electron chi connectivity index (χ2n) is 2.59. The van der Waals surface area contributed by atoms with Gasteiger partial charge in [0, 0.05) is 6.54 Å². The molecule has 1 aromatic rings. The van der Waals surface area contributed by atoms with Crippen LogP contribution in [0, 0.1) is 0 Å². The fourth-order valence-corrected chi connectivity index (χ4v) is 1.18. The topological polar surface area (TPSA) is 35.2 Å². The van der Waals surface area contributed by atoms with Gasteiger partial charge in [0.1, 0.15) is 11.9 Å². The van der Waals surface area contributed by atoms with Gasteiger partial charge in [0.2, 0.25) is 0 Å². The van der Waals surface area contributed by atoms with Gasteiger partial charge in [-0.05, 0) is 35.0 Å². The van der Waals surface area contributed by atoms with Crippen LogP contribution in [0.4, 0.5) is 0 Å². The summed E-state index contributed by atoms with van der Waals surface area (Å²) in [6.45, 7) is 2.47. The van der Waals surface area contributed by atoms with Crippen LogP contribution < -0.4 is 10.5 Å². The number of rotatable bonds is 3. The molecule has 0 aliphatic carbocycles. The highest BCUT2D eigenvalue weighted by atomic mass is 79.9. The zero-order valence-electron chi connectivity index (χ0n) is 6.96. The summed E-state index contributed by atoms with van der Waals surface area (Å²) < 4.78 is 6.49. The molecule has 1 aromatic carbocycles. The van der Waals surface area contributed by atoms with Gasteiger partial charge in [0.25, 0.3) is 0 Å². The minimum Gasteiger partial charge on any atom is -0.488 e. The molecular formula is C9H12BrNO. The third-order valence-corrected chi connectivity index (χ3v) is 2.15. The van der Waals surface area contributed by atoms with Crippen LogP contribution in [0.2, 0.25) is 0 Å². The van der Waals surface area contributed by atoms with Crippen LogP contribution >= 0.6 is 15.9 Å². The fraction of sp³-hybridized carbons (Fsp3) is 0.333. The summed E-state index contributed by atoms with van der Waals surface area (Å²) in [5, 5.41) is 0. The molecule has 2 nitrogen and oxygen atoms in total. The molecule has 0 aromatic heterocycles. The predicted octanol–water partition coefficient (Wildman–Crippen LogP) is 2.18.